The normalized spacial score (nSPS) is 13.6. The van der Waals surface area contributed by atoms with Crippen LogP contribution in [0.1, 0.15) is 20.3 Å². The number of carbonyl (C=O) groups is 3. The summed E-state index contributed by atoms with van der Waals surface area (Å²) in [5, 5.41) is 2.23. The fourth-order valence-electron chi connectivity index (χ4n) is 1.79. The van der Waals surface area contributed by atoms with Crippen molar-refractivity contribution in [2.24, 2.45) is 0 Å². The number of rotatable bonds is 12. The molecule has 10 nitrogen and oxygen atoms in total. The van der Waals surface area contributed by atoms with E-state index < -0.39 is 52.5 Å². The second-order valence-electron chi connectivity index (χ2n) is 5.36. The molecule has 0 aromatic carbocycles. The van der Waals surface area contributed by atoms with Crippen LogP contribution >= 0.6 is 0 Å². The lowest BCUT2D eigenvalue weighted by molar-refractivity contribution is -0.156. The summed E-state index contributed by atoms with van der Waals surface area (Å²) in [6, 6.07) is -1.39. The number of esters is 2. The Kier molecular flexibility index (Phi) is 11.5. The maximum Gasteiger partial charge on any atom is 0.408 e. The molecule has 0 saturated heterocycles. The minimum Gasteiger partial charge on any atom is -0.464 e. The lowest BCUT2D eigenvalue weighted by Crippen LogP contribution is -2.50. The van der Waals surface area contributed by atoms with Gasteiger partial charge in [-0.1, -0.05) is 31.4 Å². The first-order valence-corrected chi connectivity index (χ1v) is 9.83. The summed E-state index contributed by atoms with van der Waals surface area (Å²) in [7, 11) is -4.34. The lowest BCUT2D eigenvalue weighted by atomic mass is 10.2. The van der Waals surface area contributed by atoms with Crippen LogP contribution in [0.5, 0.6) is 0 Å². The van der Waals surface area contributed by atoms with E-state index in [2.05, 4.69) is 18.5 Å². The standard InChI is InChI=1S/C17H25NO9S/c1-5-8-13(6-2)11-26-17(21)18-15(16(20)25-7-3)12(4)27-14(19)9-10-28(22,23)24/h5-6,8,12,15H,1-2,7,9-11H2,3-4H3,(H,18,21)(H,22,23,24)/b13-8+. The molecular weight excluding hydrogens is 394 g/mol. The highest BCUT2D eigenvalue weighted by molar-refractivity contribution is 7.85. The third kappa shape index (κ3) is 11.1. The molecule has 0 aliphatic heterocycles. The van der Waals surface area contributed by atoms with Crippen molar-refractivity contribution in [2.75, 3.05) is 19.0 Å². The molecule has 11 heteroatoms. The summed E-state index contributed by atoms with van der Waals surface area (Å²) in [5.41, 5.74) is 0.558. The van der Waals surface area contributed by atoms with Crippen LogP contribution in [0.25, 0.3) is 0 Å². The molecular formula is C17H25NO9S. The van der Waals surface area contributed by atoms with E-state index in [-0.39, 0.29) is 13.2 Å². The monoisotopic (exact) mass is 419 g/mol. The molecule has 0 aliphatic carbocycles. The average molecular weight is 419 g/mol. The number of nitrogens with one attached hydrogen (secondary N) is 1. The Morgan fingerprint density at radius 3 is 2.36 bits per heavy atom. The van der Waals surface area contributed by atoms with Gasteiger partial charge in [-0.25, -0.2) is 9.59 Å². The molecule has 2 N–H and O–H groups in total. The Morgan fingerprint density at radius 1 is 1.21 bits per heavy atom. The number of ether oxygens (including phenoxy) is 3. The topological polar surface area (TPSA) is 145 Å². The predicted molar refractivity (Wildman–Crippen MR) is 100.0 cm³/mol. The zero-order valence-electron chi connectivity index (χ0n) is 15.8. The van der Waals surface area contributed by atoms with Crippen LogP contribution < -0.4 is 5.32 Å². The van der Waals surface area contributed by atoms with Gasteiger partial charge < -0.3 is 19.5 Å². The Bertz CT molecular complexity index is 712. The first kappa shape index (κ1) is 25.3. The van der Waals surface area contributed by atoms with Gasteiger partial charge in [0.1, 0.15) is 12.7 Å². The molecule has 0 spiro atoms. The molecule has 0 aromatic rings. The number of alkyl carbamates (subject to hydrolysis) is 1. The zero-order chi connectivity index (χ0) is 21.7. The van der Waals surface area contributed by atoms with E-state index in [1.54, 1.807) is 13.0 Å². The highest BCUT2D eigenvalue weighted by Gasteiger charge is 2.31. The van der Waals surface area contributed by atoms with Crippen molar-refractivity contribution in [1.82, 2.24) is 5.32 Å². The minimum absolute atomic E-state index is 0.0121. The highest BCUT2D eigenvalue weighted by atomic mass is 32.2. The Hall–Kier alpha value is -2.66. The summed E-state index contributed by atoms with van der Waals surface area (Å²) in [6.07, 6.45) is 1.71. The van der Waals surface area contributed by atoms with Crippen molar-refractivity contribution in [3.8, 4) is 0 Å². The van der Waals surface area contributed by atoms with E-state index in [0.29, 0.717) is 5.57 Å². The van der Waals surface area contributed by atoms with Gasteiger partial charge in [-0.2, -0.15) is 8.42 Å². The van der Waals surface area contributed by atoms with Crippen LogP contribution in [0.15, 0.2) is 37.0 Å². The summed E-state index contributed by atoms with van der Waals surface area (Å²) < 4.78 is 44.7. The van der Waals surface area contributed by atoms with Crippen LogP contribution in [-0.4, -0.2) is 62.1 Å². The molecule has 0 fully saturated rings. The maximum atomic E-state index is 12.1. The third-order valence-corrected chi connectivity index (χ3v) is 3.85. The van der Waals surface area contributed by atoms with E-state index in [0.717, 1.165) is 0 Å². The van der Waals surface area contributed by atoms with Crippen LogP contribution in [0, 0.1) is 0 Å². The quantitative estimate of drug-likeness (QED) is 0.206. The molecule has 2 atom stereocenters. The molecule has 0 heterocycles. The van der Waals surface area contributed by atoms with E-state index in [1.165, 1.54) is 19.1 Å². The fourth-order valence-corrected chi connectivity index (χ4v) is 2.22. The number of allylic oxidation sites excluding steroid dienone is 2. The number of amides is 1. The summed E-state index contributed by atoms with van der Waals surface area (Å²) >= 11 is 0. The molecule has 0 saturated carbocycles. The van der Waals surface area contributed by atoms with Crippen molar-refractivity contribution in [3.63, 3.8) is 0 Å². The number of hydrogen-bond donors (Lipinski definition) is 2. The van der Waals surface area contributed by atoms with Crippen molar-refractivity contribution in [2.45, 2.75) is 32.4 Å². The highest BCUT2D eigenvalue weighted by Crippen LogP contribution is 2.06. The molecule has 0 bridgehead atoms. The van der Waals surface area contributed by atoms with Crippen molar-refractivity contribution in [3.05, 3.63) is 37.0 Å². The maximum absolute atomic E-state index is 12.1. The second kappa shape index (κ2) is 12.7. The summed E-state index contributed by atoms with van der Waals surface area (Å²) in [5.74, 6) is -2.70. The smallest absolute Gasteiger partial charge is 0.408 e. The molecule has 28 heavy (non-hydrogen) atoms. The van der Waals surface area contributed by atoms with E-state index in [1.807, 2.05) is 0 Å². The van der Waals surface area contributed by atoms with Gasteiger partial charge in [0.15, 0.2) is 6.04 Å². The van der Waals surface area contributed by atoms with Crippen molar-refractivity contribution in [1.29, 1.82) is 0 Å². The van der Waals surface area contributed by atoms with Crippen molar-refractivity contribution < 1.29 is 41.6 Å². The van der Waals surface area contributed by atoms with Crippen molar-refractivity contribution >= 4 is 28.1 Å². The fraction of sp³-hybridized carbons (Fsp3) is 0.471. The molecule has 1 amide bonds. The SMILES string of the molecule is C=C/C=C(\C=C)COC(=O)NC(C(=O)OCC)C(C)OC(=O)CCS(=O)(=O)O. The molecule has 0 aromatic heterocycles. The van der Waals surface area contributed by atoms with Gasteiger partial charge in [0.2, 0.25) is 0 Å². The first-order valence-electron chi connectivity index (χ1n) is 8.22. The van der Waals surface area contributed by atoms with E-state index in [9.17, 15) is 22.8 Å². The van der Waals surface area contributed by atoms with Crippen LogP contribution in [-0.2, 0) is 33.9 Å². The predicted octanol–water partition coefficient (Wildman–Crippen LogP) is 1.15. The van der Waals surface area contributed by atoms with Crippen LogP contribution in [0.4, 0.5) is 4.79 Å². The summed E-state index contributed by atoms with van der Waals surface area (Å²) in [6.45, 7) is 9.78. The summed E-state index contributed by atoms with van der Waals surface area (Å²) in [4.78, 5) is 35.7. The van der Waals surface area contributed by atoms with Gasteiger partial charge in [-0.15, -0.1) is 0 Å². The van der Waals surface area contributed by atoms with Gasteiger partial charge in [0.05, 0.1) is 18.8 Å². The average Bonchev–Trinajstić information content (AvgIpc) is 2.60. The Morgan fingerprint density at radius 2 is 1.86 bits per heavy atom. The van der Waals surface area contributed by atoms with Gasteiger partial charge in [-0.3, -0.25) is 9.35 Å². The molecule has 0 radical (unpaired) electrons. The largest absolute Gasteiger partial charge is 0.464 e. The number of hydrogen-bond acceptors (Lipinski definition) is 8. The van der Waals surface area contributed by atoms with Gasteiger partial charge in [0.25, 0.3) is 10.1 Å². The zero-order valence-corrected chi connectivity index (χ0v) is 16.6. The molecule has 0 aliphatic rings. The van der Waals surface area contributed by atoms with Crippen LogP contribution in [0.3, 0.4) is 0 Å². The van der Waals surface area contributed by atoms with Gasteiger partial charge >= 0.3 is 18.0 Å². The molecule has 2 unspecified atom stereocenters. The molecule has 0 rings (SSSR count). The van der Waals surface area contributed by atoms with Gasteiger partial charge in [0, 0.05) is 0 Å². The van der Waals surface area contributed by atoms with Gasteiger partial charge in [-0.05, 0) is 19.4 Å². The first-order chi connectivity index (χ1) is 13.0. The lowest BCUT2D eigenvalue weighted by Gasteiger charge is -2.23. The molecule has 158 valence electrons. The van der Waals surface area contributed by atoms with Crippen LogP contribution in [0.2, 0.25) is 0 Å². The Labute approximate surface area is 164 Å². The van der Waals surface area contributed by atoms with E-state index in [4.69, 9.17) is 18.8 Å². The minimum atomic E-state index is -4.34. The second-order valence-corrected chi connectivity index (χ2v) is 6.93. The Balaban J connectivity index is 4.97. The van der Waals surface area contributed by atoms with E-state index >= 15 is 0 Å². The number of carbonyl (C=O) groups excluding carboxylic acids is 3. The third-order valence-electron chi connectivity index (χ3n) is 3.13.